The van der Waals surface area contributed by atoms with Gasteiger partial charge in [0.2, 0.25) is 0 Å². The van der Waals surface area contributed by atoms with Crippen LogP contribution in [0.1, 0.15) is 25.9 Å². The average molecular weight is 329 g/mol. The van der Waals surface area contributed by atoms with E-state index in [0.717, 1.165) is 28.8 Å². The normalized spacial score (nSPS) is 11.6. The van der Waals surface area contributed by atoms with Gasteiger partial charge in [-0.15, -0.1) is 11.3 Å². The number of sulfone groups is 1. The van der Waals surface area contributed by atoms with Crippen LogP contribution in [0.15, 0.2) is 23.1 Å². The number of carboxylic acid groups (broad SMARTS) is 1. The number of carboxylic acids is 1. The topological polar surface area (TPSA) is 84.3 Å². The van der Waals surface area contributed by atoms with Crippen molar-refractivity contribution in [3.63, 3.8) is 0 Å². The summed E-state index contributed by atoms with van der Waals surface area (Å²) in [7, 11) is -3.77. The summed E-state index contributed by atoms with van der Waals surface area (Å²) < 4.78 is 37.8. The van der Waals surface area contributed by atoms with Crippen LogP contribution in [0.5, 0.6) is 0 Å². The molecule has 2 aromatic rings. The maximum Gasteiger partial charge on any atom is 0.338 e. The lowest BCUT2D eigenvalue weighted by molar-refractivity contribution is 0.0691. The number of thiazole rings is 1. The number of halogens is 1. The summed E-state index contributed by atoms with van der Waals surface area (Å²) in [4.78, 5) is 15.7. The van der Waals surface area contributed by atoms with Gasteiger partial charge in [0.1, 0.15) is 16.6 Å². The Morgan fingerprint density at radius 1 is 1.38 bits per heavy atom. The van der Waals surface area contributed by atoms with E-state index >= 15 is 0 Å². The van der Waals surface area contributed by atoms with Crippen LogP contribution in [0, 0.1) is 19.7 Å². The smallest absolute Gasteiger partial charge is 0.338 e. The van der Waals surface area contributed by atoms with Crippen molar-refractivity contribution in [3.05, 3.63) is 45.2 Å². The molecule has 1 heterocycles. The number of aromatic nitrogens is 1. The van der Waals surface area contributed by atoms with E-state index in [1.54, 1.807) is 6.92 Å². The van der Waals surface area contributed by atoms with Gasteiger partial charge in [-0.3, -0.25) is 0 Å². The van der Waals surface area contributed by atoms with E-state index < -0.39 is 27.2 Å². The number of aromatic carboxylic acids is 1. The minimum absolute atomic E-state index is 0.230. The first-order valence-electron chi connectivity index (χ1n) is 5.89. The van der Waals surface area contributed by atoms with Gasteiger partial charge in [-0.2, -0.15) is 0 Å². The summed E-state index contributed by atoms with van der Waals surface area (Å²) in [5.74, 6) is -2.82. The average Bonchev–Trinajstić information content (AvgIpc) is 2.67. The summed E-state index contributed by atoms with van der Waals surface area (Å²) >= 11 is 1.27. The highest BCUT2D eigenvalue weighted by atomic mass is 32.2. The Morgan fingerprint density at radius 2 is 2.05 bits per heavy atom. The Labute approximate surface area is 125 Å². The zero-order chi connectivity index (χ0) is 15.8. The third-order valence-corrected chi connectivity index (χ3v) is 5.79. The summed E-state index contributed by atoms with van der Waals surface area (Å²) in [5, 5.41) is 9.26. The summed E-state index contributed by atoms with van der Waals surface area (Å²) in [5.41, 5.74) is 0.0955. The largest absolute Gasteiger partial charge is 0.478 e. The van der Waals surface area contributed by atoms with Crippen molar-refractivity contribution in [2.24, 2.45) is 0 Å². The second kappa shape index (κ2) is 5.53. The first-order chi connectivity index (χ1) is 9.70. The molecule has 0 aliphatic carbocycles. The van der Waals surface area contributed by atoms with Gasteiger partial charge in [-0.05, 0) is 32.0 Å². The number of hydrogen-bond donors (Lipinski definition) is 1. The van der Waals surface area contributed by atoms with Crippen LogP contribution in [0.4, 0.5) is 4.39 Å². The molecule has 21 heavy (non-hydrogen) atoms. The molecule has 2 rings (SSSR count). The second-order valence-electron chi connectivity index (χ2n) is 4.46. The van der Waals surface area contributed by atoms with Gasteiger partial charge >= 0.3 is 5.97 Å². The molecule has 0 bridgehead atoms. The number of carbonyl (C=O) groups is 1. The first-order valence-corrected chi connectivity index (χ1v) is 8.36. The van der Waals surface area contributed by atoms with E-state index in [-0.39, 0.29) is 10.6 Å². The predicted molar refractivity (Wildman–Crippen MR) is 75.8 cm³/mol. The molecule has 1 N–H and O–H groups in total. The van der Waals surface area contributed by atoms with Gasteiger partial charge in [0.05, 0.1) is 16.2 Å². The van der Waals surface area contributed by atoms with Crippen LogP contribution in [-0.2, 0) is 15.6 Å². The molecule has 0 saturated heterocycles. The molecular weight excluding hydrogens is 317 g/mol. The highest BCUT2D eigenvalue weighted by Gasteiger charge is 2.21. The molecule has 0 unspecified atom stereocenters. The van der Waals surface area contributed by atoms with Gasteiger partial charge in [-0.25, -0.2) is 22.6 Å². The van der Waals surface area contributed by atoms with Crippen molar-refractivity contribution in [1.82, 2.24) is 4.98 Å². The lowest BCUT2D eigenvalue weighted by Gasteiger charge is -2.04. The van der Waals surface area contributed by atoms with E-state index in [0.29, 0.717) is 5.01 Å². The van der Waals surface area contributed by atoms with E-state index in [9.17, 15) is 17.6 Å². The maximum absolute atomic E-state index is 13.3. The third kappa shape index (κ3) is 3.27. The molecule has 5 nitrogen and oxygen atoms in total. The zero-order valence-corrected chi connectivity index (χ0v) is 12.9. The van der Waals surface area contributed by atoms with Gasteiger partial charge in [0, 0.05) is 4.88 Å². The number of rotatable bonds is 4. The first kappa shape index (κ1) is 15.6. The van der Waals surface area contributed by atoms with Crippen LogP contribution < -0.4 is 0 Å². The third-order valence-electron chi connectivity index (χ3n) is 2.91. The molecule has 112 valence electrons. The van der Waals surface area contributed by atoms with Crippen LogP contribution >= 0.6 is 11.3 Å². The quantitative estimate of drug-likeness (QED) is 0.872. The summed E-state index contributed by atoms with van der Waals surface area (Å²) in [6.45, 7) is 3.62. The number of aryl methyl sites for hydroxylation is 2. The molecule has 8 heteroatoms. The van der Waals surface area contributed by atoms with Gasteiger partial charge in [-0.1, -0.05) is 0 Å². The fourth-order valence-electron chi connectivity index (χ4n) is 1.71. The predicted octanol–water partition coefficient (Wildman–Crippen LogP) is 2.57. The monoisotopic (exact) mass is 329 g/mol. The van der Waals surface area contributed by atoms with Crippen LogP contribution in [-0.4, -0.2) is 24.5 Å². The molecule has 0 spiro atoms. The molecule has 1 aromatic heterocycles. The molecule has 0 fully saturated rings. The Morgan fingerprint density at radius 3 is 2.57 bits per heavy atom. The van der Waals surface area contributed by atoms with Gasteiger partial charge in [0.15, 0.2) is 9.84 Å². The molecule has 0 aliphatic rings. The minimum atomic E-state index is -3.77. The minimum Gasteiger partial charge on any atom is -0.478 e. The molecule has 0 amide bonds. The fraction of sp³-hybridized carbons (Fsp3) is 0.231. The van der Waals surface area contributed by atoms with Crippen LogP contribution in [0.2, 0.25) is 0 Å². The van der Waals surface area contributed by atoms with E-state index in [1.807, 2.05) is 6.92 Å². The van der Waals surface area contributed by atoms with Crippen molar-refractivity contribution < 1.29 is 22.7 Å². The highest BCUT2D eigenvalue weighted by molar-refractivity contribution is 7.90. The number of hydrogen-bond acceptors (Lipinski definition) is 5. The van der Waals surface area contributed by atoms with Crippen LogP contribution in [0.25, 0.3) is 0 Å². The molecule has 0 aliphatic heterocycles. The summed E-state index contributed by atoms with van der Waals surface area (Å²) in [6.07, 6.45) is 0. The maximum atomic E-state index is 13.3. The fourth-order valence-corrected chi connectivity index (χ4v) is 4.27. The molecule has 0 atom stereocenters. The lowest BCUT2D eigenvalue weighted by atomic mass is 10.2. The Bertz CT molecular complexity index is 792. The molecule has 0 saturated carbocycles. The molecular formula is C13H12FNO4S2. The van der Waals surface area contributed by atoms with Crippen molar-refractivity contribution in [3.8, 4) is 0 Å². The zero-order valence-electron chi connectivity index (χ0n) is 11.3. The Kier molecular flexibility index (Phi) is 4.11. The van der Waals surface area contributed by atoms with Gasteiger partial charge < -0.3 is 5.11 Å². The highest BCUT2D eigenvalue weighted by Crippen LogP contribution is 2.23. The Hall–Kier alpha value is -1.80. The molecule has 1 aromatic carbocycles. The van der Waals surface area contributed by atoms with Crippen molar-refractivity contribution in [1.29, 1.82) is 0 Å². The molecule has 0 radical (unpaired) electrons. The van der Waals surface area contributed by atoms with Crippen molar-refractivity contribution in [2.45, 2.75) is 24.5 Å². The van der Waals surface area contributed by atoms with E-state index in [2.05, 4.69) is 4.98 Å². The van der Waals surface area contributed by atoms with Crippen molar-refractivity contribution in [2.75, 3.05) is 0 Å². The lowest BCUT2D eigenvalue weighted by Crippen LogP contribution is -2.08. The van der Waals surface area contributed by atoms with E-state index in [1.165, 1.54) is 11.3 Å². The second-order valence-corrected chi connectivity index (χ2v) is 7.73. The standard InChI is InChI=1S/C13H12FNO4S2/c1-7-8(2)20-12(15-7)6-21(18,19)9-3-4-11(14)10(5-9)13(16)17/h3-5H,6H2,1-2H3,(H,16,17). The SMILES string of the molecule is Cc1nc(CS(=O)(=O)c2ccc(F)c(C(=O)O)c2)sc1C. The number of nitrogens with zero attached hydrogens (tertiary/aromatic N) is 1. The summed E-state index contributed by atoms with van der Waals surface area (Å²) in [6, 6.07) is 2.74. The van der Waals surface area contributed by atoms with E-state index in [4.69, 9.17) is 5.11 Å². The van der Waals surface area contributed by atoms with Crippen molar-refractivity contribution >= 4 is 27.1 Å². The van der Waals surface area contributed by atoms with Gasteiger partial charge in [0.25, 0.3) is 0 Å². The van der Waals surface area contributed by atoms with Crippen LogP contribution in [0.3, 0.4) is 0 Å². The Balaban J connectivity index is 2.40. The number of benzene rings is 1.